The molecule has 1 aliphatic heterocycles. The molecule has 3 rings (SSSR count). The van der Waals surface area contributed by atoms with E-state index in [9.17, 15) is 4.79 Å². The van der Waals surface area contributed by atoms with Gasteiger partial charge in [-0.3, -0.25) is 4.98 Å². The maximum Gasteiger partial charge on any atom is 0.404 e. The van der Waals surface area contributed by atoms with E-state index in [1.807, 2.05) is 18.2 Å². The summed E-state index contributed by atoms with van der Waals surface area (Å²) in [6, 6.07) is 8.04. The Morgan fingerprint density at radius 2 is 2.26 bits per heavy atom. The molecular weight excluding hydrogens is 290 g/mol. The van der Waals surface area contributed by atoms with Crippen molar-refractivity contribution in [3.8, 4) is 0 Å². The van der Waals surface area contributed by atoms with Crippen LogP contribution in [0.3, 0.4) is 0 Å². The van der Waals surface area contributed by atoms with Crippen LogP contribution in [0.4, 0.5) is 10.5 Å². The number of anilines is 1. The topological polar surface area (TPSA) is 65.5 Å². The first-order valence-electron chi connectivity index (χ1n) is 7.83. The van der Waals surface area contributed by atoms with Crippen molar-refractivity contribution in [3.63, 3.8) is 0 Å². The maximum absolute atomic E-state index is 11.0. The Bertz CT molecular complexity index is 744. The molecule has 2 atom stereocenters. The number of fused-ring (bicyclic) bond motifs is 1. The van der Waals surface area contributed by atoms with Gasteiger partial charge in [0.1, 0.15) is 0 Å². The highest BCUT2D eigenvalue weighted by atomic mass is 16.4. The second-order valence-electron chi connectivity index (χ2n) is 6.17. The summed E-state index contributed by atoms with van der Waals surface area (Å²) in [6.45, 7) is 7.59. The van der Waals surface area contributed by atoms with E-state index < -0.39 is 6.09 Å². The van der Waals surface area contributed by atoms with E-state index in [1.165, 1.54) is 0 Å². The van der Waals surface area contributed by atoms with E-state index in [0.29, 0.717) is 12.5 Å². The lowest BCUT2D eigenvalue weighted by Gasteiger charge is -2.38. The van der Waals surface area contributed by atoms with Gasteiger partial charge in [0.05, 0.1) is 5.52 Å². The number of hydrogen-bond acceptors (Lipinski definition) is 3. The summed E-state index contributed by atoms with van der Waals surface area (Å²) in [7, 11) is 0. The van der Waals surface area contributed by atoms with E-state index in [2.05, 4.69) is 40.8 Å². The SMILES string of the molecule is C=Cc1ccc(N2C[C@@H](C)C[C@@H](NC(=O)O)C2)c2cccnc12. The van der Waals surface area contributed by atoms with Gasteiger partial charge in [0.25, 0.3) is 0 Å². The monoisotopic (exact) mass is 311 g/mol. The summed E-state index contributed by atoms with van der Waals surface area (Å²) in [5.41, 5.74) is 3.04. The lowest BCUT2D eigenvalue weighted by Crippen LogP contribution is -2.50. The van der Waals surface area contributed by atoms with Crippen LogP contribution in [0.25, 0.3) is 17.0 Å². The number of amides is 1. The number of benzene rings is 1. The summed E-state index contributed by atoms with van der Waals surface area (Å²) in [5, 5.41) is 12.7. The molecule has 2 heterocycles. The molecule has 0 spiro atoms. The van der Waals surface area contributed by atoms with Gasteiger partial charge in [-0.1, -0.05) is 25.6 Å². The van der Waals surface area contributed by atoms with E-state index in [4.69, 9.17) is 5.11 Å². The highest BCUT2D eigenvalue weighted by Gasteiger charge is 2.27. The second-order valence-corrected chi connectivity index (χ2v) is 6.17. The van der Waals surface area contributed by atoms with Crippen molar-refractivity contribution in [2.75, 3.05) is 18.0 Å². The third-order valence-corrected chi connectivity index (χ3v) is 4.33. The fourth-order valence-electron chi connectivity index (χ4n) is 3.45. The Balaban J connectivity index is 1.99. The quantitative estimate of drug-likeness (QED) is 0.912. The van der Waals surface area contributed by atoms with Gasteiger partial charge in [-0.25, -0.2) is 4.79 Å². The van der Waals surface area contributed by atoms with E-state index in [-0.39, 0.29) is 6.04 Å². The van der Waals surface area contributed by atoms with Gasteiger partial charge in [0.15, 0.2) is 0 Å². The molecule has 120 valence electrons. The molecule has 23 heavy (non-hydrogen) atoms. The van der Waals surface area contributed by atoms with Gasteiger partial charge in [-0.15, -0.1) is 0 Å². The summed E-state index contributed by atoms with van der Waals surface area (Å²) in [6.07, 6.45) is 3.50. The van der Waals surface area contributed by atoms with Crippen molar-refractivity contribution in [3.05, 3.63) is 42.6 Å². The zero-order chi connectivity index (χ0) is 16.4. The lowest BCUT2D eigenvalue weighted by atomic mass is 9.94. The summed E-state index contributed by atoms with van der Waals surface area (Å²) < 4.78 is 0. The van der Waals surface area contributed by atoms with Gasteiger partial charge in [0, 0.05) is 42.0 Å². The van der Waals surface area contributed by atoms with Crippen molar-refractivity contribution in [1.82, 2.24) is 10.3 Å². The second kappa shape index (κ2) is 6.28. The molecule has 1 aliphatic rings. The highest BCUT2D eigenvalue weighted by molar-refractivity contribution is 5.96. The first kappa shape index (κ1) is 15.3. The first-order valence-corrected chi connectivity index (χ1v) is 7.83. The summed E-state index contributed by atoms with van der Waals surface area (Å²) >= 11 is 0. The van der Waals surface area contributed by atoms with Gasteiger partial charge < -0.3 is 15.3 Å². The molecule has 0 unspecified atom stereocenters. The third-order valence-electron chi connectivity index (χ3n) is 4.33. The van der Waals surface area contributed by atoms with Crippen LogP contribution in [-0.2, 0) is 0 Å². The molecule has 1 fully saturated rings. The molecule has 0 radical (unpaired) electrons. The van der Waals surface area contributed by atoms with E-state index in [0.717, 1.165) is 35.1 Å². The molecule has 0 saturated carbocycles. The number of hydrogen-bond donors (Lipinski definition) is 2. The van der Waals surface area contributed by atoms with Crippen LogP contribution >= 0.6 is 0 Å². The predicted molar refractivity (Wildman–Crippen MR) is 92.8 cm³/mol. The van der Waals surface area contributed by atoms with Crippen LogP contribution in [0.5, 0.6) is 0 Å². The number of nitrogens with one attached hydrogen (secondary N) is 1. The fraction of sp³-hybridized carbons (Fsp3) is 0.333. The molecule has 2 N–H and O–H groups in total. The Morgan fingerprint density at radius 3 is 3.00 bits per heavy atom. The minimum absolute atomic E-state index is 0.0537. The lowest BCUT2D eigenvalue weighted by molar-refractivity contribution is 0.186. The number of piperidine rings is 1. The van der Waals surface area contributed by atoms with Crippen molar-refractivity contribution in [1.29, 1.82) is 0 Å². The third kappa shape index (κ3) is 3.13. The number of rotatable bonds is 3. The Labute approximate surface area is 135 Å². The van der Waals surface area contributed by atoms with Crippen molar-refractivity contribution < 1.29 is 9.90 Å². The molecule has 0 bridgehead atoms. The zero-order valence-electron chi connectivity index (χ0n) is 13.2. The molecule has 1 aromatic heterocycles. The molecule has 0 aliphatic carbocycles. The molecule has 1 aromatic carbocycles. The molecule has 1 amide bonds. The molecule has 1 saturated heterocycles. The predicted octanol–water partition coefficient (Wildman–Crippen LogP) is 3.36. The number of nitrogens with zero attached hydrogens (tertiary/aromatic N) is 2. The van der Waals surface area contributed by atoms with Crippen LogP contribution in [0.15, 0.2) is 37.0 Å². The van der Waals surface area contributed by atoms with Crippen LogP contribution in [0.1, 0.15) is 18.9 Å². The summed E-state index contributed by atoms with van der Waals surface area (Å²) in [4.78, 5) is 17.7. The Morgan fingerprint density at radius 1 is 1.43 bits per heavy atom. The van der Waals surface area contributed by atoms with Crippen LogP contribution in [0.2, 0.25) is 0 Å². The van der Waals surface area contributed by atoms with Crippen LogP contribution in [0, 0.1) is 5.92 Å². The van der Waals surface area contributed by atoms with Crippen LogP contribution < -0.4 is 10.2 Å². The molecule has 2 aromatic rings. The fourth-order valence-corrected chi connectivity index (χ4v) is 3.45. The van der Waals surface area contributed by atoms with E-state index >= 15 is 0 Å². The van der Waals surface area contributed by atoms with Crippen LogP contribution in [-0.4, -0.2) is 35.3 Å². The number of carboxylic acid groups (broad SMARTS) is 1. The summed E-state index contributed by atoms with van der Waals surface area (Å²) in [5.74, 6) is 0.423. The number of pyridine rings is 1. The minimum Gasteiger partial charge on any atom is -0.465 e. The highest BCUT2D eigenvalue weighted by Crippen LogP contribution is 2.31. The maximum atomic E-state index is 11.0. The average molecular weight is 311 g/mol. The standard InChI is InChI=1S/C18H21N3O2/c1-3-13-6-7-16(15-5-4-8-19-17(13)15)21-10-12(2)9-14(11-21)20-18(22)23/h3-8,12,14,20H,1,9-11H2,2H3,(H,22,23)/t12-,14+/m0/s1. The van der Waals surface area contributed by atoms with Gasteiger partial charge in [-0.2, -0.15) is 0 Å². The first-order chi connectivity index (χ1) is 11.1. The largest absolute Gasteiger partial charge is 0.465 e. The van der Waals surface area contributed by atoms with Gasteiger partial charge in [-0.05, 0) is 30.5 Å². The van der Waals surface area contributed by atoms with Crippen molar-refractivity contribution in [2.24, 2.45) is 5.92 Å². The number of aromatic nitrogens is 1. The average Bonchev–Trinajstić information content (AvgIpc) is 2.52. The van der Waals surface area contributed by atoms with Gasteiger partial charge >= 0.3 is 6.09 Å². The normalized spacial score (nSPS) is 21.2. The van der Waals surface area contributed by atoms with Gasteiger partial charge in [0.2, 0.25) is 0 Å². The molecular formula is C18H21N3O2. The molecule has 5 heteroatoms. The Hall–Kier alpha value is -2.56. The smallest absolute Gasteiger partial charge is 0.404 e. The Kier molecular flexibility index (Phi) is 4.19. The zero-order valence-corrected chi connectivity index (χ0v) is 13.2. The molecule has 5 nitrogen and oxygen atoms in total. The number of carbonyl (C=O) groups is 1. The van der Waals surface area contributed by atoms with E-state index in [1.54, 1.807) is 6.20 Å². The van der Waals surface area contributed by atoms with Crippen molar-refractivity contribution in [2.45, 2.75) is 19.4 Å². The van der Waals surface area contributed by atoms with Crippen molar-refractivity contribution >= 4 is 28.8 Å². The minimum atomic E-state index is -0.961.